The van der Waals surface area contributed by atoms with Gasteiger partial charge in [0.2, 0.25) is 23.1 Å². The zero-order valence-corrected chi connectivity index (χ0v) is 77.5. The molecule has 0 N–H and O–H groups in total. The van der Waals surface area contributed by atoms with E-state index in [1.807, 2.05) is 367 Å². The van der Waals surface area contributed by atoms with Crippen LogP contribution in [0.15, 0.2) is 340 Å². The molecular formula is C101H62Cu2N37Pt+. The van der Waals surface area contributed by atoms with Crippen LogP contribution >= 0.6 is 0 Å². The maximum absolute atomic E-state index is 5.03. The van der Waals surface area contributed by atoms with Crippen molar-refractivity contribution in [2.24, 2.45) is 0 Å². The molecule has 0 spiro atoms. The van der Waals surface area contributed by atoms with Crippen molar-refractivity contribution in [3.63, 3.8) is 0 Å². The maximum Gasteiger partial charge on any atom is 2.00 e. The Bertz CT molecular complexity index is 9050. The van der Waals surface area contributed by atoms with Crippen LogP contribution in [0.25, 0.3) is 232 Å². The largest absolute Gasteiger partial charge is 2.00 e. The molecular weight excluding hydrogens is 2050 g/mol. The van der Waals surface area contributed by atoms with Gasteiger partial charge in [-0.1, -0.05) is 249 Å². The maximum atomic E-state index is 5.03. The van der Waals surface area contributed by atoms with E-state index in [2.05, 4.69) is 40.1 Å². The van der Waals surface area contributed by atoms with Crippen LogP contribution in [0.1, 0.15) is 11.4 Å². The van der Waals surface area contributed by atoms with Crippen molar-refractivity contribution >= 4 is 175 Å². The van der Waals surface area contributed by atoms with Crippen LogP contribution in [0.5, 0.6) is 0 Å². The Kier molecular flexibility index (Phi) is 23.2. The summed E-state index contributed by atoms with van der Waals surface area (Å²) in [4.78, 5) is 125. The fraction of sp³-hybridized carbons (Fsp3) is 0.0198. The number of nitrogens with zero attached hydrogens (tertiary/aromatic N) is 37. The number of hydrogen-bond donors (Lipinski definition) is 0. The summed E-state index contributed by atoms with van der Waals surface area (Å²) in [6, 6.07) is 107. The van der Waals surface area contributed by atoms with Gasteiger partial charge in [0.15, 0.2) is 51.7 Å². The summed E-state index contributed by atoms with van der Waals surface area (Å²) in [6.45, 7) is 3.96. The quantitative estimate of drug-likeness (QED) is 0.101. The fourth-order valence-electron chi connectivity index (χ4n) is 16.3. The third kappa shape index (κ3) is 16.8. The zero-order valence-electron chi connectivity index (χ0n) is 73.3. The molecule has 16 aromatic heterocycles. The summed E-state index contributed by atoms with van der Waals surface area (Å²) < 4.78 is 12.3. The first-order valence-electron chi connectivity index (χ1n) is 43.5. The van der Waals surface area contributed by atoms with Gasteiger partial charge in [0.05, 0.1) is 62.5 Å². The van der Waals surface area contributed by atoms with Crippen LogP contribution in [0.3, 0.4) is 0 Å². The Morgan fingerprint density at radius 1 is 0.220 bits per heavy atom. The van der Waals surface area contributed by atoms with Gasteiger partial charge in [-0.2, -0.15) is 24.9 Å². The van der Waals surface area contributed by atoms with Crippen LogP contribution < -0.4 is 34.3 Å². The molecule has 24 bridgehead atoms. The standard InChI is InChI=1S/C35H24N11.C34H20N14.C32H18N12.2Cu.Pt/c1-21-28-36-30-25-17-9-10-18-26(25)31(37-30)41-34-40-29(22(2)46(34)24-15-7-4-8-16-24)38-33-42-32(27-19-11-12-20-44(27)33)43-35(39-28)45(21)23-13-5-3-6-14-23;1-5-13-21(14-6-1)25-27-37-29(35-25)41-31-44-34(48(45-31)24-19-11-4-12-20-24)40-28-26(22-15-7-2-8-16-22)36-30(38-28)42-32-43-33(39-27)47(46-32)23-17-9-3-10-18-23;1-3-11-19(12-4-1)43-31-37-27-23-17-9-7-15-21(23)26(33-27)36-30-40-32(44(42-30)20-13-5-2-6-14-20)38-28-24-18-10-8-16-22(24)25(34-28)35-29(39-31)41-43;;;/h3-20H,1-2H3;1-20H;1-18H;;;/q-1;2*-2;3*+2. The van der Waals surface area contributed by atoms with Crippen LogP contribution in [0.4, 0.5) is 0 Å². The van der Waals surface area contributed by atoms with E-state index in [0.717, 1.165) is 94.5 Å². The number of imidazole rings is 5. The molecule has 37 nitrogen and oxygen atoms in total. The Morgan fingerprint density at radius 2 is 0.496 bits per heavy atom. The molecule has 682 valence electrons. The molecule has 0 unspecified atom stereocenters. The number of para-hydroxylation sites is 6. The van der Waals surface area contributed by atoms with Crippen molar-refractivity contribution < 1.29 is 59.6 Å². The Balaban J connectivity index is 0.000000120. The monoisotopic (exact) mass is 2110 g/mol. The van der Waals surface area contributed by atoms with E-state index in [0.29, 0.717) is 91.1 Å². The minimum atomic E-state index is 0. The van der Waals surface area contributed by atoms with E-state index in [-0.39, 0.29) is 113 Å². The molecule has 0 fully saturated rings. The van der Waals surface area contributed by atoms with Gasteiger partial charge in [0, 0.05) is 62.8 Å². The minimum Gasteiger partial charge on any atom is -0.357 e. The van der Waals surface area contributed by atoms with E-state index < -0.39 is 0 Å². The smallest absolute Gasteiger partial charge is 0.357 e. The molecule has 40 heteroatoms. The van der Waals surface area contributed by atoms with E-state index >= 15 is 0 Å². The zero-order chi connectivity index (χ0) is 91.7. The number of aromatic nitrogens is 37. The molecule has 0 amide bonds. The van der Waals surface area contributed by atoms with Gasteiger partial charge in [-0.15, -0.1) is 20.4 Å². The summed E-state index contributed by atoms with van der Waals surface area (Å²) in [7, 11) is 0. The molecule has 16 heterocycles. The molecule has 0 aliphatic carbocycles. The van der Waals surface area contributed by atoms with Gasteiger partial charge < -0.3 is 64.8 Å². The topological polar surface area (TPSA) is 428 Å². The molecule has 0 aliphatic rings. The summed E-state index contributed by atoms with van der Waals surface area (Å²) in [5.41, 5.74) is 14.6. The second-order valence-electron chi connectivity index (χ2n) is 31.4. The number of rotatable bonds is 8. The van der Waals surface area contributed by atoms with Gasteiger partial charge in [-0.05, 0) is 142 Å². The van der Waals surface area contributed by atoms with Crippen LogP contribution in [-0.4, -0.2) is 148 Å². The molecule has 0 saturated carbocycles. The third-order valence-corrected chi connectivity index (χ3v) is 22.7. The van der Waals surface area contributed by atoms with Crippen LogP contribution in [-0.2, 0) is 55.2 Å². The molecule has 27 aromatic rings. The second kappa shape index (κ2) is 37.3. The summed E-state index contributed by atoms with van der Waals surface area (Å²) in [5.74, 6) is 3.23. The van der Waals surface area contributed by atoms with E-state index in [1.165, 1.54) is 0 Å². The number of pyridine rings is 1. The van der Waals surface area contributed by atoms with Crippen molar-refractivity contribution in [3.8, 4) is 56.6 Å². The van der Waals surface area contributed by atoms with Gasteiger partial charge in [0.25, 0.3) is 0 Å². The predicted octanol–water partition coefficient (Wildman–Crippen LogP) is 15.1. The third-order valence-electron chi connectivity index (χ3n) is 22.7. The van der Waals surface area contributed by atoms with E-state index in [4.69, 9.17) is 110 Å². The minimum absolute atomic E-state index is 0. The average molecular weight is 2120 g/mol. The van der Waals surface area contributed by atoms with Crippen molar-refractivity contribution in [1.82, 2.24) is 178 Å². The number of hydrogen-bond acceptors (Lipinski definition) is 24. The Labute approximate surface area is 828 Å². The summed E-state index contributed by atoms with van der Waals surface area (Å²) in [6.07, 6.45) is 1.92. The summed E-state index contributed by atoms with van der Waals surface area (Å²) in [5, 5.41) is 23.7. The van der Waals surface area contributed by atoms with Gasteiger partial charge >= 0.3 is 55.2 Å². The van der Waals surface area contributed by atoms with Gasteiger partial charge in [-0.3, -0.25) is 33.5 Å². The van der Waals surface area contributed by atoms with E-state index in [9.17, 15) is 0 Å². The van der Waals surface area contributed by atoms with Crippen molar-refractivity contribution in [3.05, 3.63) is 351 Å². The van der Waals surface area contributed by atoms with Gasteiger partial charge in [-0.25, -0.2) is 38.7 Å². The first-order chi connectivity index (χ1) is 68.1. The van der Waals surface area contributed by atoms with Crippen molar-refractivity contribution in [2.45, 2.75) is 13.8 Å². The Hall–Kier alpha value is -18.5. The Morgan fingerprint density at radius 3 is 0.851 bits per heavy atom. The second-order valence-corrected chi connectivity index (χ2v) is 31.4. The molecule has 27 rings (SSSR count). The van der Waals surface area contributed by atoms with Crippen molar-refractivity contribution in [2.75, 3.05) is 0 Å². The van der Waals surface area contributed by atoms with Gasteiger partial charge in [0.1, 0.15) is 5.65 Å². The number of aryl methyl sites for hydroxylation is 2. The molecule has 11 aromatic carbocycles. The molecule has 2 radical (unpaired) electrons. The molecule has 0 saturated heterocycles. The first-order valence-corrected chi connectivity index (χ1v) is 43.5. The first kappa shape index (κ1) is 87.8. The van der Waals surface area contributed by atoms with Crippen LogP contribution in [0, 0.1) is 13.8 Å². The molecule has 0 atom stereocenters. The van der Waals surface area contributed by atoms with Crippen LogP contribution in [0.2, 0.25) is 0 Å². The number of fused-ring (bicyclic) bond motifs is 36. The fourth-order valence-corrected chi connectivity index (χ4v) is 16.3. The SMILES string of the molecule is Cc1c2nc(nc3[n-]c(nc4nc(nc5[n-]c(n2)[n+]2ccccc52)n(-c2ccccc2)c4C)c2ccccc32)n1-c1ccccc1.[Cu+2].[Cu+2].[Pt+2].c1ccc(-c2nc3nc4nc(nc5[n-]c(nc5-c5ccccc5)nc5nc(nc2[n-]3)n(-c2ccccc2)n5)n(-c2ccccc2)n4)cc1.c1ccc(-n2nc3nc4[n-]c(nc5nc(nc6[n-]c(nc2n3)c2ccccc62)nn5-c2ccccc2)c2ccccc42)cc1. The predicted molar refractivity (Wildman–Crippen MR) is 518 cm³/mol. The number of benzene rings is 11. The molecule has 141 heavy (non-hydrogen) atoms. The normalized spacial score (nSPS) is 11.3. The van der Waals surface area contributed by atoms with E-state index in [1.54, 1.807) is 18.7 Å². The molecule has 0 aliphatic heterocycles. The average Bonchev–Trinajstić information content (AvgIpc) is 1.60. The van der Waals surface area contributed by atoms with Crippen molar-refractivity contribution in [1.29, 1.82) is 0 Å². The summed E-state index contributed by atoms with van der Waals surface area (Å²) >= 11 is 0.